The van der Waals surface area contributed by atoms with Crippen molar-refractivity contribution < 1.29 is 0 Å². The number of allylic oxidation sites excluding steroid dienone is 6. The van der Waals surface area contributed by atoms with Gasteiger partial charge in [-0.1, -0.05) is 54.7 Å². The van der Waals surface area contributed by atoms with Gasteiger partial charge in [-0.3, -0.25) is 4.98 Å². The second-order valence-corrected chi connectivity index (χ2v) is 6.10. The first-order valence-electron chi connectivity index (χ1n) is 7.40. The van der Waals surface area contributed by atoms with Gasteiger partial charge in [0.05, 0.1) is 0 Å². The van der Waals surface area contributed by atoms with E-state index in [-0.39, 0.29) is 5.92 Å². The number of pyridine rings is 1. The van der Waals surface area contributed by atoms with Crippen LogP contribution in [0.2, 0.25) is 0 Å². The predicted molar refractivity (Wildman–Crippen MR) is 95.4 cm³/mol. The van der Waals surface area contributed by atoms with Gasteiger partial charge in [-0.25, -0.2) is 0 Å². The van der Waals surface area contributed by atoms with Crippen molar-refractivity contribution in [2.24, 2.45) is 5.92 Å². The molecule has 0 spiro atoms. The van der Waals surface area contributed by atoms with E-state index in [0.717, 1.165) is 10.4 Å². The van der Waals surface area contributed by atoms with E-state index >= 15 is 0 Å². The summed E-state index contributed by atoms with van der Waals surface area (Å²) >= 11 is 5.68. The summed E-state index contributed by atoms with van der Waals surface area (Å²) in [6, 6.07) is 14.6. The highest BCUT2D eigenvalue weighted by Gasteiger charge is 2.34. The SMILES string of the molecule is CC1=CC2C(c3ccccc3)=CC(c3cccnc3)=C2C1=S. The molecule has 22 heavy (non-hydrogen) atoms. The first kappa shape index (κ1) is 13.4. The standard InChI is InChI=1S/C20H15NS/c1-13-10-18-16(14-6-3-2-4-7-14)11-17(19(18)20(13)22)15-8-5-9-21-12-15/h2-12,18H,1H3. The van der Waals surface area contributed by atoms with Crippen LogP contribution in [0.5, 0.6) is 0 Å². The zero-order valence-corrected chi connectivity index (χ0v) is 13.1. The predicted octanol–water partition coefficient (Wildman–Crippen LogP) is 4.88. The van der Waals surface area contributed by atoms with Crippen LogP contribution >= 0.6 is 12.2 Å². The maximum atomic E-state index is 5.68. The van der Waals surface area contributed by atoms with Crippen LogP contribution in [0.3, 0.4) is 0 Å². The smallest absolute Gasteiger partial charge is 0.0451 e. The van der Waals surface area contributed by atoms with Crippen molar-refractivity contribution in [3.8, 4) is 0 Å². The Labute approximate surface area is 135 Å². The molecule has 106 valence electrons. The summed E-state index contributed by atoms with van der Waals surface area (Å²) in [6.45, 7) is 2.11. The minimum atomic E-state index is 0.283. The molecule has 2 aliphatic carbocycles. The summed E-state index contributed by atoms with van der Waals surface area (Å²) in [5.41, 5.74) is 7.41. The number of thiocarbonyl (C=S) groups is 1. The second-order valence-electron chi connectivity index (χ2n) is 5.69. The largest absolute Gasteiger partial charge is 0.264 e. The lowest BCUT2D eigenvalue weighted by Gasteiger charge is -2.11. The first-order valence-corrected chi connectivity index (χ1v) is 7.81. The number of hydrogen-bond donors (Lipinski definition) is 0. The topological polar surface area (TPSA) is 12.9 Å². The molecule has 0 fully saturated rings. The Hall–Kier alpha value is -2.32. The fourth-order valence-corrected chi connectivity index (χ4v) is 3.58. The lowest BCUT2D eigenvalue weighted by Crippen LogP contribution is -2.02. The molecular weight excluding hydrogens is 286 g/mol. The van der Waals surface area contributed by atoms with Crippen molar-refractivity contribution in [2.45, 2.75) is 6.92 Å². The zero-order chi connectivity index (χ0) is 15.1. The molecule has 2 heteroatoms. The van der Waals surface area contributed by atoms with Gasteiger partial charge in [-0.05, 0) is 46.9 Å². The van der Waals surface area contributed by atoms with Gasteiger partial charge < -0.3 is 0 Å². The highest BCUT2D eigenvalue weighted by Crippen LogP contribution is 2.47. The second kappa shape index (κ2) is 5.15. The van der Waals surface area contributed by atoms with Gasteiger partial charge in [-0.15, -0.1) is 0 Å². The maximum absolute atomic E-state index is 5.68. The van der Waals surface area contributed by atoms with Crippen molar-refractivity contribution in [1.29, 1.82) is 0 Å². The molecule has 2 aliphatic rings. The highest BCUT2D eigenvalue weighted by atomic mass is 32.1. The highest BCUT2D eigenvalue weighted by molar-refractivity contribution is 7.81. The summed E-state index contributed by atoms with van der Waals surface area (Å²) in [6.07, 6.45) is 8.29. The molecular formula is C20H15NS. The van der Waals surface area contributed by atoms with Gasteiger partial charge in [0, 0.05) is 28.7 Å². The molecule has 0 bridgehead atoms. The fourth-order valence-electron chi connectivity index (χ4n) is 3.28. The monoisotopic (exact) mass is 301 g/mol. The number of nitrogens with zero attached hydrogens (tertiary/aromatic N) is 1. The normalized spacial score (nSPS) is 20.0. The van der Waals surface area contributed by atoms with E-state index in [9.17, 15) is 0 Å². The third kappa shape index (κ3) is 1.99. The van der Waals surface area contributed by atoms with Crippen molar-refractivity contribution >= 4 is 28.2 Å². The van der Waals surface area contributed by atoms with E-state index in [2.05, 4.69) is 60.5 Å². The van der Waals surface area contributed by atoms with Crippen LogP contribution in [-0.4, -0.2) is 9.85 Å². The third-order valence-electron chi connectivity index (χ3n) is 4.34. The van der Waals surface area contributed by atoms with Crippen LogP contribution < -0.4 is 0 Å². The Balaban J connectivity index is 1.90. The van der Waals surface area contributed by atoms with Crippen molar-refractivity contribution in [1.82, 2.24) is 4.98 Å². The number of rotatable bonds is 2. The Morgan fingerprint density at radius 3 is 2.50 bits per heavy atom. The van der Waals surface area contributed by atoms with Gasteiger partial charge >= 0.3 is 0 Å². The number of fused-ring (bicyclic) bond motifs is 1. The molecule has 1 atom stereocenters. The van der Waals surface area contributed by atoms with Gasteiger partial charge in [0.1, 0.15) is 0 Å². The van der Waals surface area contributed by atoms with Gasteiger partial charge in [0.25, 0.3) is 0 Å². The lowest BCUT2D eigenvalue weighted by atomic mass is 9.93. The van der Waals surface area contributed by atoms with Crippen LogP contribution in [0.4, 0.5) is 0 Å². The first-order chi connectivity index (χ1) is 10.8. The van der Waals surface area contributed by atoms with Crippen molar-refractivity contribution in [3.63, 3.8) is 0 Å². The summed E-state index contributed by atoms with van der Waals surface area (Å²) in [4.78, 5) is 5.25. The van der Waals surface area contributed by atoms with Crippen LogP contribution in [0, 0.1) is 5.92 Å². The van der Waals surface area contributed by atoms with E-state index in [1.54, 1.807) is 6.20 Å². The Bertz CT molecular complexity index is 842. The molecule has 0 amide bonds. The Kier molecular flexibility index (Phi) is 3.12. The Morgan fingerprint density at radius 2 is 1.77 bits per heavy atom. The van der Waals surface area contributed by atoms with Gasteiger partial charge in [0.2, 0.25) is 0 Å². The fraction of sp³-hybridized carbons (Fsp3) is 0.100. The average molecular weight is 301 g/mol. The van der Waals surface area contributed by atoms with Gasteiger partial charge in [0.15, 0.2) is 0 Å². The summed E-state index contributed by atoms with van der Waals surface area (Å²) in [5, 5.41) is 0. The van der Waals surface area contributed by atoms with E-state index in [1.165, 1.54) is 27.9 Å². The summed E-state index contributed by atoms with van der Waals surface area (Å²) < 4.78 is 0. The molecule has 0 saturated carbocycles. The zero-order valence-electron chi connectivity index (χ0n) is 12.3. The van der Waals surface area contributed by atoms with E-state index in [0.29, 0.717) is 0 Å². The van der Waals surface area contributed by atoms with Crippen LogP contribution in [-0.2, 0) is 0 Å². The quantitative estimate of drug-likeness (QED) is 0.733. The molecule has 0 aliphatic heterocycles. The van der Waals surface area contributed by atoms with E-state index in [1.807, 2.05) is 12.3 Å². The number of aromatic nitrogens is 1. The molecule has 1 nitrogen and oxygen atoms in total. The van der Waals surface area contributed by atoms with Crippen LogP contribution in [0.1, 0.15) is 18.1 Å². The van der Waals surface area contributed by atoms with Crippen molar-refractivity contribution in [2.75, 3.05) is 0 Å². The minimum absolute atomic E-state index is 0.283. The number of benzene rings is 1. The van der Waals surface area contributed by atoms with Crippen molar-refractivity contribution in [3.05, 3.63) is 89.3 Å². The molecule has 1 aromatic heterocycles. The van der Waals surface area contributed by atoms with E-state index < -0.39 is 0 Å². The maximum Gasteiger partial charge on any atom is 0.0451 e. The van der Waals surface area contributed by atoms with Crippen LogP contribution in [0.15, 0.2) is 78.2 Å². The van der Waals surface area contributed by atoms with Gasteiger partial charge in [-0.2, -0.15) is 0 Å². The number of hydrogen-bond acceptors (Lipinski definition) is 2. The van der Waals surface area contributed by atoms with E-state index in [4.69, 9.17) is 12.2 Å². The molecule has 0 radical (unpaired) electrons. The summed E-state index contributed by atoms with van der Waals surface area (Å²) in [7, 11) is 0. The Morgan fingerprint density at radius 1 is 1.00 bits per heavy atom. The molecule has 2 aromatic rings. The molecule has 1 unspecified atom stereocenters. The third-order valence-corrected chi connectivity index (χ3v) is 4.88. The molecule has 0 saturated heterocycles. The summed E-state index contributed by atoms with van der Waals surface area (Å²) in [5.74, 6) is 0.283. The molecule has 0 N–H and O–H groups in total. The molecule has 1 aromatic carbocycles. The minimum Gasteiger partial charge on any atom is -0.264 e. The lowest BCUT2D eigenvalue weighted by molar-refractivity contribution is 1.10. The van der Waals surface area contributed by atoms with Crippen LogP contribution in [0.25, 0.3) is 11.1 Å². The molecule has 1 heterocycles. The molecule has 4 rings (SSSR count). The average Bonchev–Trinajstić information content (AvgIpc) is 3.07.